The molecule has 1 aromatic carbocycles. The number of aldehydes is 1. The summed E-state index contributed by atoms with van der Waals surface area (Å²) in [6, 6.07) is 9.61. The van der Waals surface area contributed by atoms with Crippen molar-refractivity contribution in [2.75, 3.05) is 14.2 Å². The van der Waals surface area contributed by atoms with Gasteiger partial charge in [0.05, 0.1) is 32.0 Å². The molecule has 0 saturated carbocycles. The Hall–Kier alpha value is -2.85. The molecule has 0 spiro atoms. The molecule has 9 heteroatoms. The Morgan fingerprint density at radius 1 is 1.24 bits per heavy atom. The lowest BCUT2D eigenvalue weighted by atomic mass is 9.74. The van der Waals surface area contributed by atoms with Crippen LogP contribution in [-0.4, -0.2) is 67.8 Å². The number of carbonyl (C=O) groups is 3. The molecule has 1 aromatic rings. The van der Waals surface area contributed by atoms with Crippen molar-refractivity contribution in [3.63, 3.8) is 0 Å². The number of benzene rings is 1. The zero-order valence-corrected chi connectivity index (χ0v) is 22.3. The van der Waals surface area contributed by atoms with Gasteiger partial charge in [-0.1, -0.05) is 50.3 Å². The molecular weight excluding hydrogens is 480 g/mol. The average Bonchev–Trinajstić information content (AvgIpc) is 2.87. The minimum atomic E-state index is -1.63. The van der Waals surface area contributed by atoms with E-state index >= 15 is 0 Å². The van der Waals surface area contributed by atoms with E-state index in [0.717, 1.165) is 5.56 Å². The van der Waals surface area contributed by atoms with Gasteiger partial charge in [0.1, 0.15) is 6.29 Å². The molecule has 1 aliphatic heterocycles. The van der Waals surface area contributed by atoms with Gasteiger partial charge in [0.15, 0.2) is 6.10 Å². The third kappa shape index (κ3) is 7.82. The maximum atomic E-state index is 12.2. The molecule has 5 atom stereocenters. The standard InChI is InChI=1S/C28H38O9/c1-19(35-18-21-11-8-7-9-12-21)24(31)17-23-15-22(16-25(32)33-5)26(36-20(2)30)28(34-6,37-23)27(3,4)13-10-14-29/h7-14,16,19,23-24,26,31H,15,17-18H2,1-6H3/b13-10+,22-16+/t19-,23-,24+,26?,28+/m0/s1. The van der Waals surface area contributed by atoms with Crippen molar-refractivity contribution in [1.29, 1.82) is 0 Å². The van der Waals surface area contributed by atoms with Crippen molar-refractivity contribution in [3.8, 4) is 0 Å². The van der Waals surface area contributed by atoms with Crippen molar-refractivity contribution in [3.05, 3.63) is 59.7 Å². The molecular formula is C28H38O9. The molecule has 1 heterocycles. The van der Waals surface area contributed by atoms with E-state index in [0.29, 0.717) is 18.5 Å². The second kappa shape index (κ2) is 13.6. The fraction of sp³-hybridized carbons (Fsp3) is 0.536. The summed E-state index contributed by atoms with van der Waals surface area (Å²) in [5.41, 5.74) is 0.361. The topological polar surface area (TPSA) is 118 Å². The lowest BCUT2D eigenvalue weighted by Gasteiger charge is -2.53. The second-order valence-corrected chi connectivity index (χ2v) is 9.57. The molecule has 0 aliphatic carbocycles. The molecule has 2 rings (SSSR count). The van der Waals surface area contributed by atoms with Gasteiger partial charge in [0.2, 0.25) is 5.79 Å². The Balaban J connectivity index is 2.39. The zero-order valence-electron chi connectivity index (χ0n) is 22.3. The predicted octanol–water partition coefficient (Wildman–Crippen LogP) is 3.29. The largest absolute Gasteiger partial charge is 0.466 e. The first-order chi connectivity index (χ1) is 17.5. The second-order valence-electron chi connectivity index (χ2n) is 9.57. The first kappa shape index (κ1) is 30.4. The van der Waals surface area contributed by atoms with Crippen molar-refractivity contribution in [2.45, 2.75) is 77.3 Å². The molecule has 1 fully saturated rings. The molecule has 1 saturated heterocycles. The smallest absolute Gasteiger partial charge is 0.330 e. The van der Waals surface area contributed by atoms with Gasteiger partial charge in [0.25, 0.3) is 0 Å². The summed E-state index contributed by atoms with van der Waals surface area (Å²) >= 11 is 0. The van der Waals surface area contributed by atoms with Crippen molar-refractivity contribution < 1.29 is 43.2 Å². The van der Waals surface area contributed by atoms with E-state index < -0.39 is 47.6 Å². The Kier molecular flexibility index (Phi) is 11.2. The number of hydrogen-bond acceptors (Lipinski definition) is 9. The lowest BCUT2D eigenvalue weighted by molar-refractivity contribution is -0.338. The first-order valence-corrected chi connectivity index (χ1v) is 12.1. The number of allylic oxidation sites excluding steroid dienone is 1. The molecule has 0 amide bonds. The van der Waals surface area contributed by atoms with Crippen LogP contribution in [0.3, 0.4) is 0 Å². The molecule has 0 radical (unpaired) electrons. The van der Waals surface area contributed by atoms with E-state index in [9.17, 15) is 19.5 Å². The van der Waals surface area contributed by atoms with E-state index in [2.05, 4.69) is 0 Å². The number of methoxy groups -OCH3 is 2. The van der Waals surface area contributed by atoms with E-state index in [4.69, 9.17) is 23.7 Å². The summed E-state index contributed by atoms with van der Waals surface area (Å²) < 4.78 is 28.7. The summed E-state index contributed by atoms with van der Waals surface area (Å²) in [7, 11) is 2.64. The molecule has 37 heavy (non-hydrogen) atoms. The molecule has 9 nitrogen and oxygen atoms in total. The summed E-state index contributed by atoms with van der Waals surface area (Å²) in [5, 5.41) is 11.0. The van der Waals surface area contributed by atoms with Gasteiger partial charge in [-0.2, -0.15) is 0 Å². The van der Waals surface area contributed by atoms with Gasteiger partial charge in [-0.15, -0.1) is 0 Å². The molecule has 204 valence electrons. The van der Waals surface area contributed by atoms with Crippen LogP contribution in [0.4, 0.5) is 0 Å². The SMILES string of the molecule is COC(=O)/C=C1\C[C@@H](C[C@@H](O)[C@H](C)OCc2ccccc2)O[C@@](OC)(C(C)(C)/C=C/C=O)C1OC(C)=O. The Bertz CT molecular complexity index is 969. The molecule has 1 unspecified atom stereocenters. The number of ether oxygens (including phenoxy) is 5. The van der Waals surface area contributed by atoms with Crippen molar-refractivity contribution >= 4 is 18.2 Å². The first-order valence-electron chi connectivity index (χ1n) is 12.1. The van der Waals surface area contributed by atoms with Crippen LogP contribution in [0.2, 0.25) is 0 Å². The van der Waals surface area contributed by atoms with Crippen LogP contribution in [0.15, 0.2) is 54.1 Å². The minimum Gasteiger partial charge on any atom is -0.466 e. The number of esters is 2. The molecule has 0 bridgehead atoms. The number of hydrogen-bond donors (Lipinski definition) is 1. The Labute approximate surface area is 218 Å². The van der Waals surface area contributed by atoms with E-state index in [1.165, 1.54) is 33.3 Å². The highest BCUT2D eigenvalue weighted by Crippen LogP contribution is 2.48. The zero-order chi connectivity index (χ0) is 27.6. The van der Waals surface area contributed by atoms with Crippen LogP contribution in [0, 0.1) is 5.41 Å². The van der Waals surface area contributed by atoms with Gasteiger partial charge >= 0.3 is 11.9 Å². The monoisotopic (exact) mass is 518 g/mol. The highest BCUT2D eigenvalue weighted by atomic mass is 16.7. The maximum Gasteiger partial charge on any atom is 0.330 e. The van der Waals surface area contributed by atoms with Crippen LogP contribution in [-0.2, 0) is 44.7 Å². The normalized spacial score (nSPS) is 25.0. The van der Waals surface area contributed by atoms with Crippen LogP contribution in [0.25, 0.3) is 0 Å². The Morgan fingerprint density at radius 2 is 1.92 bits per heavy atom. The van der Waals surface area contributed by atoms with Gasteiger partial charge in [-0.3, -0.25) is 9.59 Å². The van der Waals surface area contributed by atoms with Gasteiger partial charge in [-0.25, -0.2) is 4.79 Å². The summed E-state index contributed by atoms with van der Waals surface area (Å²) in [5.74, 6) is -2.88. The fourth-order valence-electron chi connectivity index (χ4n) is 4.44. The summed E-state index contributed by atoms with van der Waals surface area (Å²) in [6.45, 7) is 6.86. The quantitative estimate of drug-likeness (QED) is 0.253. The third-order valence-electron chi connectivity index (χ3n) is 6.47. The third-order valence-corrected chi connectivity index (χ3v) is 6.47. The molecule has 0 aromatic heterocycles. The van der Waals surface area contributed by atoms with Crippen LogP contribution in [0.1, 0.15) is 46.1 Å². The van der Waals surface area contributed by atoms with Gasteiger partial charge in [-0.05, 0) is 30.6 Å². The highest BCUT2D eigenvalue weighted by Gasteiger charge is 2.59. The minimum absolute atomic E-state index is 0.139. The average molecular weight is 519 g/mol. The van der Waals surface area contributed by atoms with E-state index in [-0.39, 0.29) is 12.8 Å². The van der Waals surface area contributed by atoms with Crippen LogP contribution in [0.5, 0.6) is 0 Å². The fourth-order valence-corrected chi connectivity index (χ4v) is 4.44. The molecule has 1 N–H and O–H groups in total. The van der Waals surface area contributed by atoms with E-state index in [1.54, 1.807) is 26.8 Å². The summed E-state index contributed by atoms with van der Waals surface area (Å²) in [6.07, 6.45) is 1.84. The van der Waals surface area contributed by atoms with Crippen molar-refractivity contribution in [1.82, 2.24) is 0 Å². The van der Waals surface area contributed by atoms with Crippen molar-refractivity contribution in [2.24, 2.45) is 5.41 Å². The predicted molar refractivity (Wildman–Crippen MR) is 135 cm³/mol. The lowest BCUT2D eigenvalue weighted by Crippen LogP contribution is -2.63. The van der Waals surface area contributed by atoms with Crippen LogP contribution >= 0.6 is 0 Å². The van der Waals surface area contributed by atoms with E-state index in [1.807, 2.05) is 30.3 Å². The number of rotatable bonds is 12. The van der Waals surface area contributed by atoms with Crippen LogP contribution < -0.4 is 0 Å². The highest BCUT2D eigenvalue weighted by molar-refractivity contribution is 5.83. The maximum absolute atomic E-state index is 12.2. The Morgan fingerprint density at radius 3 is 2.49 bits per heavy atom. The molecule has 1 aliphatic rings. The number of carbonyl (C=O) groups excluding carboxylic acids is 3. The van der Waals surface area contributed by atoms with Gasteiger partial charge in [0, 0.05) is 31.9 Å². The van der Waals surface area contributed by atoms with Gasteiger partial charge < -0.3 is 28.8 Å². The number of aliphatic hydroxyl groups excluding tert-OH is 1. The number of aliphatic hydroxyl groups is 1. The summed E-state index contributed by atoms with van der Waals surface area (Å²) in [4.78, 5) is 35.4.